The zero-order valence-corrected chi connectivity index (χ0v) is 12.3. The van der Waals surface area contributed by atoms with Gasteiger partial charge in [0.1, 0.15) is 0 Å². The van der Waals surface area contributed by atoms with E-state index in [0.717, 1.165) is 23.0 Å². The van der Waals surface area contributed by atoms with Gasteiger partial charge in [-0.3, -0.25) is 0 Å². The number of aromatic nitrogens is 2. The lowest BCUT2D eigenvalue weighted by Gasteiger charge is -2.06. The summed E-state index contributed by atoms with van der Waals surface area (Å²) in [5, 5.41) is 1.02. The summed E-state index contributed by atoms with van der Waals surface area (Å²) in [6.07, 6.45) is 0.881. The molecule has 3 aromatic rings. The van der Waals surface area contributed by atoms with Gasteiger partial charge >= 0.3 is 0 Å². The summed E-state index contributed by atoms with van der Waals surface area (Å²) in [6.45, 7) is 1.93. The fraction of sp³-hybridized carbons (Fsp3) is 0.118. The van der Waals surface area contributed by atoms with Crippen molar-refractivity contribution < 1.29 is 0 Å². The Labute approximate surface area is 128 Å². The number of benzene rings is 2. The number of fused-ring (bicyclic) bond motifs is 1. The molecule has 1 aromatic heterocycles. The van der Waals surface area contributed by atoms with Gasteiger partial charge in [0, 0.05) is 5.39 Å². The third-order valence-electron chi connectivity index (χ3n) is 3.42. The topological polar surface area (TPSA) is 90.2 Å². The van der Waals surface area contributed by atoms with Gasteiger partial charge < -0.3 is 11.5 Å². The normalized spacial score (nSPS) is 10.6. The lowest BCUT2D eigenvalue weighted by Crippen LogP contribution is -2.22. The molecule has 22 heavy (non-hydrogen) atoms. The monoisotopic (exact) mass is 291 g/mol. The highest BCUT2D eigenvalue weighted by atomic mass is 15.1. The molecule has 0 bridgehead atoms. The minimum atomic E-state index is -0.0422. The molecule has 0 saturated heterocycles. The highest BCUT2D eigenvalue weighted by molar-refractivity contribution is 5.83. The van der Waals surface area contributed by atoms with Crippen LogP contribution in [0.4, 0.5) is 5.95 Å². The van der Waals surface area contributed by atoms with Crippen LogP contribution in [0.1, 0.15) is 16.8 Å². The Hall–Kier alpha value is -2.95. The first-order valence-electron chi connectivity index (χ1n) is 7.02. The molecule has 0 saturated carbocycles. The van der Waals surface area contributed by atoms with Crippen LogP contribution < -0.4 is 11.5 Å². The van der Waals surface area contributed by atoms with Crippen molar-refractivity contribution in [2.75, 3.05) is 0 Å². The van der Waals surface area contributed by atoms with E-state index >= 15 is 0 Å². The van der Waals surface area contributed by atoms with E-state index in [-0.39, 0.29) is 5.96 Å². The van der Waals surface area contributed by atoms with Crippen molar-refractivity contribution in [3.63, 3.8) is 0 Å². The van der Waals surface area contributed by atoms with E-state index in [9.17, 15) is 0 Å². The molecular weight excluding hydrogens is 274 g/mol. The zero-order chi connectivity index (χ0) is 15.5. The van der Waals surface area contributed by atoms with Gasteiger partial charge in [-0.05, 0) is 36.6 Å². The lowest BCUT2D eigenvalue weighted by molar-refractivity contribution is 1.11. The SMILES string of the molecule is Cc1nc(N=C(N)N)nc2ccc(Cc3ccccc3)cc12. The van der Waals surface area contributed by atoms with E-state index in [1.807, 2.05) is 31.2 Å². The summed E-state index contributed by atoms with van der Waals surface area (Å²) < 4.78 is 0. The van der Waals surface area contributed by atoms with E-state index < -0.39 is 0 Å². The predicted octanol–water partition coefficient (Wildman–Crippen LogP) is 2.43. The second kappa shape index (κ2) is 5.81. The third-order valence-corrected chi connectivity index (χ3v) is 3.42. The molecule has 0 fully saturated rings. The summed E-state index contributed by atoms with van der Waals surface area (Å²) in [4.78, 5) is 12.6. The number of hydrogen-bond acceptors (Lipinski definition) is 3. The molecule has 0 spiro atoms. The standard InChI is InChI=1S/C17H17N5/c1-11-14-10-13(9-12-5-3-2-4-6-12)7-8-15(14)21-17(20-11)22-16(18)19/h2-8,10H,9H2,1H3,(H4,18,19,20,21,22). The maximum absolute atomic E-state index is 5.38. The summed E-state index contributed by atoms with van der Waals surface area (Å²) in [5.41, 5.74) is 14.9. The molecule has 3 rings (SSSR count). The highest BCUT2D eigenvalue weighted by Gasteiger charge is 2.06. The van der Waals surface area contributed by atoms with Gasteiger partial charge in [-0.1, -0.05) is 36.4 Å². The van der Waals surface area contributed by atoms with Gasteiger partial charge in [-0.25, -0.2) is 9.97 Å². The molecule has 5 heteroatoms. The maximum Gasteiger partial charge on any atom is 0.253 e. The summed E-state index contributed by atoms with van der Waals surface area (Å²) in [6, 6.07) is 16.5. The molecule has 0 radical (unpaired) electrons. The van der Waals surface area contributed by atoms with Gasteiger partial charge in [-0.15, -0.1) is 0 Å². The average molecular weight is 291 g/mol. The molecule has 0 aliphatic rings. The molecule has 0 aliphatic heterocycles. The van der Waals surface area contributed by atoms with E-state index in [0.29, 0.717) is 5.95 Å². The van der Waals surface area contributed by atoms with Crippen LogP contribution in [0.3, 0.4) is 0 Å². The Morgan fingerprint density at radius 3 is 2.50 bits per heavy atom. The fourth-order valence-electron chi connectivity index (χ4n) is 2.42. The van der Waals surface area contributed by atoms with Crippen molar-refractivity contribution in [1.29, 1.82) is 0 Å². The molecule has 2 aromatic carbocycles. The molecule has 0 amide bonds. The number of aliphatic imine (C=N–C) groups is 1. The van der Waals surface area contributed by atoms with Crippen LogP contribution in [0.2, 0.25) is 0 Å². The van der Waals surface area contributed by atoms with Crippen LogP contribution in [0.25, 0.3) is 10.9 Å². The molecule has 0 atom stereocenters. The molecule has 110 valence electrons. The Balaban J connectivity index is 2.00. The Bertz CT molecular complexity index is 836. The number of guanidine groups is 1. The minimum Gasteiger partial charge on any atom is -0.370 e. The minimum absolute atomic E-state index is 0.0422. The van der Waals surface area contributed by atoms with Crippen LogP contribution in [-0.4, -0.2) is 15.9 Å². The summed E-state index contributed by atoms with van der Waals surface area (Å²) in [7, 11) is 0. The largest absolute Gasteiger partial charge is 0.370 e. The first-order valence-corrected chi connectivity index (χ1v) is 7.02. The van der Waals surface area contributed by atoms with Crippen molar-refractivity contribution in [2.24, 2.45) is 16.5 Å². The first-order chi connectivity index (χ1) is 10.6. The van der Waals surface area contributed by atoms with Gasteiger partial charge in [0.25, 0.3) is 5.95 Å². The maximum atomic E-state index is 5.38. The van der Waals surface area contributed by atoms with Crippen LogP contribution in [-0.2, 0) is 6.42 Å². The number of nitrogens with two attached hydrogens (primary N) is 2. The van der Waals surface area contributed by atoms with E-state index in [4.69, 9.17) is 11.5 Å². The van der Waals surface area contributed by atoms with Gasteiger partial charge in [0.2, 0.25) is 0 Å². The Morgan fingerprint density at radius 2 is 1.77 bits per heavy atom. The number of hydrogen-bond donors (Lipinski definition) is 2. The smallest absolute Gasteiger partial charge is 0.253 e. The number of rotatable bonds is 3. The summed E-state index contributed by atoms with van der Waals surface area (Å²) >= 11 is 0. The van der Waals surface area contributed by atoms with Crippen LogP contribution >= 0.6 is 0 Å². The van der Waals surface area contributed by atoms with E-state index in [1.165, 1.54) is 11.1 Å². The lowest BCUT2D eigenvalue weighted by atomic mass is 10.0. The quantitative estimate of drug-likeness (QED) is 0.573. The second-order valence-corrected chi connectivity index (χ2v) is 5.16. The Kier molecular flexibility index (Phi) is 3.70. The van der Waals surface area contributed by atoms with Crippen molar-refractivity contribution >= 4 is 22.8 Å². The first kappa shape index (κ1) is 14.0. The van der Waals surface area contributed by atoms with Crippen molar-refractivity contribution in [2.45, 2.75) is 13.3 Å². The van der Waals surface area contributed by atoms with E-state index in [1.54, 1.807) is 0 Å². The predicted molar refractivity (Wildman–Crippen MR) is 89.0 cm³/mol. The number of aryl methyl sites for hydroxylation is 1. The Morgan fingerprint density at radius 1 is 1.00 bits per heavy atom. The van der Waals surface area contributed by atoms with Crippen molar-refractivity contribution in [1.82, 2.24) is 9.97 Å². The van der Waals surface area contributed by atoms with Gasteiger partial charge in [-0.2, -0.15) is 4.99 Å². The highest BCUT2D eigenvalue weighted by Crippen LogP contribution is 2.21. The molecule has 0 aliphatic carbocycles. The third kappa shape index (κ3) is 3.03. The molecule has 5 nitrogen and oxygen atoms in total. The molecular formula is C17H17N5. The van der Waals surface area contributed by atoms with Crippen LogP contribution in [0.5, 0.6) is 0 Å². The average Bonchev–Trinajstić information content (AvgIpc) is 2.48. The van der Waals surface area contributed by atoms with Gasteiger partial charge in [0.05, 0.1) is 11.2 Å². The van der Waals surface area contributed by atoms with E-state index in [2.05, 4.69) is 39.2 Å². The number of nitrogens with zero attached hydrogens (tertiary/aromatic N) is 3. The molecule has 4 N–H and O–H groups in total. The fourth-order valence-corrected chi connectivity index (χ4v) is 2.42. The van der Waals surface area contributed by atoms with Crippen molar-refractivity contribution in [3.05, 3.63) is 65.4 Å². The molecule has 1 heterocycles. The summed E-state index contributed by atoms with van der Waals surface area (Å²) in [5.74, 6) is 0.250. The van der Waals surface area contributed by atoms with Crippen LogP contribution in [0, 0.1) is 6.92 Å². The van der Waals surface area contributed by atoms with Crippen LogP contribution in [0.15, 0.2) is 53.5 Å². The van der Waals surface area contributed by atoms with Crippen molar-refractivity contribution in [3.8, 4) is 0 Å². The van der Waals surface area contributed by atoms with Gasteiger partial charge in [0.15, 0.2) is 5.96 Å². The molecule has 0 unspecified atom stereocenters. The second-order valence-electron chi connectivity index (χ2n) is 5.16. The zero-order valence-electron chi connectivity index (χ0n) is 12.3.